The van der Waals surface area contributed by atoms with E-state index in [9.17, 15) is 0 Å². The van der Waals surface area contributed by atoms with Crippen LogP contribution in [0.1, 0.15) is 11.1 Å². The lowest BCUT2D eigenvalue weighted by molar-refractivity contribution is -0.914. The largest absolute Gasteiger partial charge is 0.350 e. The number of H-pyrrole nitrogens is 1. The molecule has 1 aliphatic rings. The zero-order valence-electron chi connectivity index (χ0n) is 15.6. The van der Waals surface area contributed by atoms with Gasteiger partial charge in [-0.1, -0.05) is 42.5 Å². The molecule has 1 saturated heterocycles. The number of hydrogen-bond donors (Lipinski definition) is 2. The van der Waals surface area contributed by atoms with Gasteiger partial charge in [-0.2, -0.15) is 0 Å². The van der Waals surface area contributed by atoms with Crippen LogP contribution in [0.2, 0.25) is 0 Å². The topological polar surface area (TPSA) is 49.2 Å². The minimum absolute atomic E-state index is 1.02. The smallest absolute Gasteiger partial charge is 0.156 e. The molecule has 0 bridgehead atoms. The van der Waals surface area contributed by atoms with Gasteiger partial charge in [-0.3, -0.25) is 0 Å². The summed E-state index contributed by atoms with van der Waals surface area (Å²) in [6, 6.07) is 17.1. The Labute approximate surface area is 158 Å². The van der Waals surface area contributed by atoms with Gasteiger partial charge in [0.15, 0.2) is 5.82 Å². The van der Waals surface area contributed by atoms with Gasteiger partial charge in [0.2, 0.25) is 0 Å². The van der Waals surface area contributed by atoms with Gasteiger partial charge < -0.3 is 14.8 Å². The maximum atomic E-state index is 4.64. The van der Waals surface area contributed by atoms with Gasteiger partial charge in [-0.25, -0.2) is 9.97 Å². The van der Waals surface area contributed by atoms with Crippen molar-refractivity contribution in [3.05, 3.63) is 66.0 Å². The molecule has 0 saturated carbocycles. The zero-order valence-corrected chi connectivity index (χ0v) is 15.6. The van der Waals surface area contributed by atoms with E-state index in [0.29, 0.717) is 0 Å². The summed E-state index contributed by atoms with van der Waals surface area (Å²) in [5.41, 5.74) is 5.90. The highest BCUT2D eigenvalue weighted by Crippen LogP contribution is 2.30. The number of aromatic amines is 1. The number of anilines is 1. The van der Waals surface area contributed by atoms with E-state index in [0.717, 1.165) is 55.1 Å². The second-order valence-corrected chi connectivity index (χ2v) is 7.44. The van der Waals surface area contributed by atoms with Crippen molar-refractivity contribution >= 4 is 27.8 Å². The number of fused-ring (bicyclic) bond motifs is 3. The van der Waals surface area contributed by atoms with Gasteiger partial charge in [0.25, 0.3) is 0 Å². The number of rotatable bonds is 3. The molecule has 2 aromatic carbocycles. The molecule has 0 spiro atoms. The van der Waals surface area contributed by atoms with E-state index < -0.39 is 0 Å². The lowest BCUT2D eigenvalue weighted by Gasteiger charge is -2.33. The molecule has 4 aromatic rings. The van der Waals surface area contributed by atoms with Crippen molar-refractivity contribution in [3.63, 3.8) is 0 Å². The van der Waals surface area contributed by atoms with Crippen LogP contribution in [0, 0.1) is 6.92 Å². The molecule has 1 aliphatic heterocycles. The lowest BCUT2D eigenvalue weighted by atomic mass is 10.1. The van der Waals surface area contributed by atoms with Crippen LogP contribution in [-0.2, 0) is 6.54 Å². The Balaban J connectivity index is 1.40. The van der Waals surface area contributed by atoms with Crippen molar-refractivity contribution in [1.82, 2.24) is 15.0 Å². The summed E-state index contributed by atoms with van der Waals surface area (Å²) in [5, 5.41) is 1.21. The molecule has 0 unspecified atom stereocenters. The van der Waals surface area contributed by atoms with Crippen LogP contribution in [0.25, 0.3) is 21.9 Å². The Bertz CT molecular complexity index is 1080. The minimum Gasteiger partial charge on any atom is -0.350 e. The van der Waals surface area contributed by atoms with E-state index in [1.54, 1.807) is 11.2 Å². The second-order valence-electron chi connectivity index (χ2n) is 7.44. The fraction of sp³-hybridized carbons (Fsp3) is 0.273. The summed E-state index contributed by atoms with van der Waals surface area (Å²) in [5.74, 6) is 1.04. The first kappa shape index (κ1) is 16.3. The van der Waals surface area contributed by atoms with E-state index in [1.807, 2.05) is 0 Å². The molecule has 2 aromatic heterocycles. The van der Waals surface area contributed by atoms with E-state index in [4.69, 9.17) is 0 Å². The molecule has 27 heavy (non-hydrogen) atoms. The van der Waals surface area contributed by atoms with Crippen LogP contribution in [0.3, 0.4) is 0 Å². The van der Waals surface area contributed by atoms with Crippen molar-refractivity contribution < 1.29 is 4.90 Å². The van der Waals surface area contributed by atoms with Gasteiger partial charge in [-0.05, 0) is 18.6 Å². The molecule has 0 amide bonds. The Morgan fingerprint density at radius 2 is 1.81 bits per heavy atom. The maximum Gasteiger partial charge on any atom is 0.156 e. The first-order valence-electron chi connectivity index (χ1n) is 9.64. The summed E-state index contributed by atoms with van der Waals surface area (Å²) < 4.78 is 0. The molecule has 3 heterocycles. The summed E-state index contributed by atoms with van der Waals surface area (Å²) in [4.78, 5) is 16.8. The average Bonchev–Trinajstić information content (AvgIpc) is 3.09. The minimum atomic E-state index is 1.02. The van der Waals surface area contributed by atoms with Crippen LogP contribution in [-0.4, -0.2) is 41.1 Å². The molecule has 5 rings (SSSR count). The third kappa shape index (κ3) is 2.94. The summed E-state index contributed by atoms with van der Waals surface area (Å²) >= 11 is 0. The third-order valence-electron chi connectivity index (χ3n) is 5.66. The van der Waals surface area contributed by atoms with Gasteiger partial charge in [-0.15, -0.1) is 0 Å². The van der Waals surface area contributed by atoms with Crippen molar-refractivity contribution in [2.24, 2.45) is 0 Å². The monoisotopic (exact) mass is 358 g/mol. The molecular weight excluding hydrogens is 334 g/mol. The molecule has 2 N–H and O–H groups in total. The predicted octanol–water partition coefficient (Wildman–Crippen LogP) is 2.32. The highest BCUT2D eigenvalue weighted by molar-refractivity contribution is 6.09. The predicted molar refractivity (Wildman–Crippen MR) is 109 cm³/mol. The van der Waals surface area contributed by atoms with Gasteiger partial charge in [0.05, 0.1) is 26.2 Å². The molecule has 136 valence electrons. The van der Waals surface area contributed by atoms with E-state index in [2.05, 4.69) is 75.3 Å². The van der Waals surface area contributed by atoms with E-state index in [-0.39, 0.29) is 0 Å². The van der Waals surface area contributed by atoms with Crippen molar-refractivity contribution in [2.75, 3.05) is 31.1 Å². The lowest BCUT2D eigenvalue weighted by Crippen LogP contribution is -3.13. The Hall–Kier alpha value is -2.92. The highest BCUT2D eigenvalue weighted by atomic mass is 15.3. The molecule has 1 fully saturated rings. The first-order chi connectivity index (χ1) is 13.3. The molecule has 5 nitrogen and oxygen atoms in total. The van der Waals surface area contributed by atoms with Crippen LogP contribution < -0.4 is 9.80 Å². The van der Waals surface area contributed by atoms with Crippen molar-refractivity contribution in [2.45, 2.75) is 13.5 Å². The van der Waals surface area contributed by atoms with Crippen molar-refractivity contribution in [3.8, 4) is 0 Å². The Kier molecular flexibility index (Phi) is 4.02. The number of nitrogens with one attached hydrogen (secondary N) is 2. The standard InChI is InChI=1S/C22H23N5/c1-16-6-5-9-18-19(16)20-21(25-18)22(24-15-23-20)27-12-10-26(11-13-27)14-17-7-3-2-4-8-17/h2-9,15,25H,10-14H2,1H3/p+1. The molecule has 5 heteroatoms. The highest BCUT2D eigenvalue weighted by Gasteiger charge is 2.24. The van der Waals surface area contributed by atoms with Crippen LogP contribution in [0.4, 0.5) is 5.82 Å². The van der Waals surface area contributed by atoms with E-state index >= 15 is 0 Å². The second kappa shape index (κ2) is 6.67. The number of hydrogen-bond acceptors (Lipinski definition) is 3. The molecule has 0 aliphatic carbocycles. The van der Waals surface area contributed by atoms with Gasteiger partial charge in [0.1, 0.15) is 23.9 Å². The van der Waals surface area contributed by atoms with Gasteiger partial charge >= 0.3 is 0 Å². The normalized spacial score (nSPS) is 15.7. The Morgan fingerprint density at radius 1 is 1.00 bits per heavy atom. The fourth-order valence-electron chi connectivity index (χ4n) is 4.24. The van der Waals surface area contributed by atoms with Crippen LogP contribution >= 0.6 is 0 Å². The number of aryl methyl sites for hydroxylation is 1. The van der Waals surface area contributed by atoms with Crippen molar-refractivity contribution in [1.29, 1.82) is 0 Å². The molecule has 0 radical (unpaired) electrons. The summed E-state index contributed by atoms with van der Waals surface area (Å²) in [6.45, 7) is 7.52. The van der Waals surface area contributed by atoms with Crippen LogP contribution in [0.5, 0.6) is 0 Å². The average molecular weight is 358 g/mol. The fourth-order valence-corrected chi connectivity index (χ4v) is 4.24. The zero-order chi connectivity index (χ0) is 18.2. The number of aromatic nitrogens is 3. The number of nitrogens with zero attached hydrogens (tertiary/aromatic N) is 3. The molecular formula is C22H24N5+. The number of benzene rings is 2. The summed E-state index contributed by atoms with van der Waals surface area (Å²) in [7, 11) is 0. The summed E-state index contributed by atoms with van der Waals surface area (Å²) in [6.07, 6.45) is 1.71. The Morgan fingerprint density at radius 3 is 2.63 bits per heavy atom. The van der Waals surface area contributed by atoms with Gasteiger partial charge in [0, 0.05) is 16.5 Å². The number of piperazine rings is 1. The molecule has 0 atom stereocenters. The SMILES string of the molecule is Cc1cccc2[nH]c3c(N4CC[NH+](Cc5ccccc5)CC4)ncnc3c12. The van der Waals surface area contributed by atoms with Crippen LogP contribution in [0.15, 0.2) is 54.9 Å². The maximum absolute atomic E-state index is 4.64. The number of quaternary nitrogens is 1. The van der Waals surface area contributed by atoms with E-state index in [1.165, 1.54) is 16.5 Å². The quantitative estimate of drug-likeness (QED) is 0.591. The third-order valence-corrected chi connectivity index (χ3v) is 5.66. The first-order valence-corrected chi connectivity index (χ1v) is 9.64.